The maximum absolute atomic E-state index is 13.1. The molecule has 0 fully saturated rings. The summed E-state index contributed by atoms with van der Waals surface area (Å²) in [5, 5.41) is 3.40. The third-order valence-corrected chi connectivity index (χ3v) is 7.25. The minimum Gasteiger partial charge on any atom is -0.494 e. The van der Waals surface area contributed by atoms with Gasteiger partial charge in [0.1, 0.15) is 17.1 Å². The average molecular weight is 492 g/mol. The van der Waals surface area contributed by atoms with Crippen LogP contribution in [0.25, 0.3) is 10.2 Å². The standard InChI is InChI=1S/C21H15ClFN3O4S2/c1-30-17-11-10-15(22)19-18(17)24-21(31-19)25-20(27)14-4-2-3-5-16(14)26-32(28,29)13-8-6-12(23)7-9-13/h2-11,26H,1H3,(H,24,25,27). The van der Waals surface area contributed by atoms with Gasteiger partial charge >= 0.3 is 0 Å². The van der Waals surface area contributed by atoms with Crippen molar-refractivity contribution in [1.82, 2.24) is 4.98 Å². The SMILES string of the molecule is COc1ccc(Cl)c2sc(NC(=O)c3ccccc3NS(=O)(=O)c3ccc(F)cc3)nc12. The predicted octanol–water partition coefficient (Wildman–Crippen LogP) is 5.15. The van der Waals surface area contributed by atoms with E-state index >= 15 is 0 Å². The first-order valence-electron chi connectivity index (χ1n) is 9.10. The average Bonchev–Trinajstić information content (AvgIpc) is 3.19. The van der Waals surface area contributed by atoms with Crippen molar-refractivity contribution in [3.05, 3.63) is 77.1 Å². The molecule has 4 aromatic rings. The lowest BCUT2D eigenvalue weighted by Gasteiger charge is -2.12. The van der Waals surface area contributed by atoms with Crippen LogP contribution in [0.1, 0.15) is 10.4 Å². The first-order valence-corrected chi connectivity index (χ1v) is 11.8. The van der Waals surface area contributed by atoms with Crippen molar-refractivity contribution >= 4 is 59.9 Å². The molecule has 32 heavy (non-hydrogen) atoms. The zero-order valence-corrected chi connectivity index (χ0v) is 18.8. The summed E-state index contributed by atoms with van der Waals surface area (Å²) in [5.74, 6) is -0.624. The monoisotopic (exact) mass is 491 g/mol. The molecule has 0 atom stereocenters. The minimum absolute atomic E-state index is 0.0612. The number of methoxy groups -OCH3 is 1. The number of hydrogen-bond acceptors (Lipinski definition) is 6. The molecule has 2 N–H and O–H groups in total. The Bertz CT molecular complexity index is 1420. The van der Waals surface area contributed by atoms with Crippen molar-refractivity contribution in [1.29, 1.82) is 0 Å². The van der Waals surface area contributed by atoms with Gasteiger partial charge in [-0.1, -0.05) is 35.1 Å². The smallest absolute Gasteiger partial charge is 0.261 e. The van der Waals surface area contributed by atoms with Gasteiger partial charge in [0.2, 0.25) is 0 Å². The van der Waals surface area contributed by atoms with Crippen LogP contribution in [0.4, 0.5) is 15.2 Å². The van der Waals surface area contributed by atoms with Gasteiger partial charge in [0, 0.05) is 0 Å². The van der Waals surface area contributed by atoms with E-state index in [9.17, 15) is 17.6 Å². The van der Waals surface area contributed by atoms with Gasteiger partial charge in [-0.05, 0) is 48.5 Å². The number of hydrogen-bond donors (Lipinski definition) is 2. The Hall–Kier alpha value is -3.21. The fourth-order valence-corrected chi connectivity index (χ4v) is 5.15. The number of aromatic nitrogens is 1. The molecule has 1 aromatic heterocycles. The molecule has 3 aromatic carbocycles. The first kappa shape index (κ1) is 22.0. The van der Waals surface area contributed by atoms with Crippen LogP contribution in [0.15, 0.2) is 65.6 Å². The van der Waals surface area contributed by atoms with Gasteiger partial charge in [-0.15, -0.1) is 0 Å². The Balaban J connectivity index is 1.63. The third kappa shape index (κ3) is 4.38. The number of carbonyl (C=O) groups is 1. The number of amides is 1. The predicted molar refractivity (Wildman–Crippen MR) is 123 cm³/mol. The number of nitrogens with zero attached hydrogens (tertiary/aromatic N) is 1. The van der Waals surface area contributed by atoms with Crippen LogP contribution < -0.4 is 14.8 Å². The summed E-state index contributed by atoms with van der Waals surface area (Å²) >= 11 is 7.39. The third-order valence-electron chi connectivity index (χ3n) is 4.44. The number of halogens is 2. The Labute approximate surface area is 191 Å². The van der Waals surface area contributed by atoms with E-state index in [1.54, 1.807) is 24.3 Å². The maximum atomic E-state index is 13.1. The molecule has 0 bridgehead atoms. The van der Waals surface area contributed by atoms with Gasteiger partial charge in [-0.25, -0.2) is 17.8 Å². The number of ether oxygens (including phenoxy) is 1. The van der Waals surface area contributed by atoms with E-state index in [1.807, 2.05) is 0 Å². The molecule has 0 aliphatic heterocycles. The number of anilines is 2. The molecule has 0 unspecified atom stereocenters. The molecule has 0 aliphatic carbocycles. The molecule has 1 heterocycles. The number of thiazole rings is 1. The molecule has 164 valence electrons. The Kier molecular flexibility index (Phi) is 6.00. The van der Waals surface area contributed by atoms with E-state index < -0.39 is 21.7 Å². The summed E-state index contributed by atoms with van der Waals surface area (Å²) in [5.41, 5.74) is 0.646. The van der Waals surface area contributed by atoms with Crippen LogP contribution in [0.2, 0.25) is 5.02 Å². The Morgan fingerprint density at radius 1 is 1.09 bits per heavy atom. The van der Waals surface area contributed by atoms with Crippen LogP contribution in [0.3, 0.4) is 0 Å². The van der Waals surface area contributed by atoms with Crippen molar-refractivity contribution in [2.45, 2.75) is 4.90 Å². The largest absolute Gasteiger partial charge is 0.494 e. The molecular weight excluding hydrogens is 477 g/mol. The van der Waals surface area contributed by atoms with Gasteiger partial charge in [0.05, 0.1) is 33.0 Å². The summed E-state index contributed by atoms with van der Waals surface area (Å²) in [4.78, 5) is 17.2. The Morgan fingerprint density at radius 3 is 2.53 bits per heavy atom. The molecule has 0 aliphatic rings. The molecule has 0 spiro atoms. The molecule has 1 amide bonds. The minimum atomic E-state index is -4.04. The lowest BCUT2D eigenvalue weighted by molar-refractivity contribution is 0.102. The summed E-state index contributed by atoms with van der Waals surface area (Å²) in [6.45, 7) is 0. The highest BCUT2D eigenvalue weighted by molar-refractivity contribution is 7.92. The van der Waals surface area contributed by atoms with Crippen molar-refractivity contribution in [2.75, 3.05) is 17.1 Å². The fraction of sp³-hybridized carbons (Fsp3) is 0.0476. The van der Waals surface area contributed by atoms with Crippen molar-refractivity contribution in [2.24, 2.45) is 0 Å². The molecule has 4 rings (SSSR count). The highest BCUT2D eigenvalue weighted by Gasteiger charge is 2.20. The van der Waals surface area contributed by atoms with E-state index in [4.69, 9.17) is 16.3 Å². The topological polar surface area (TPSA) is 97.4 Å². The quantitative estimate of drug-likeness (QED) is 0.388. The van der Waals surface area contributed by atoms with Crippen molar-refractivity contribution in [3.8, 4) is 5.75 Å². The summed E-state index contributed by atoms with van der Waals surface area (Å²) in [6.07, 6.45) is 0. The number of rotatable bonds is 6. The first-order chi connectivity index (χ1) is 15.3. The van der Waals surface area contributed by atoms with Crippen molar-refractivity contribution in [3.63, 3.8) is 0 Å². The number of nitrogens with one attached hydrogen (secondary N) is 2. The number of fused-ring (bicyclic) bond motifs is 1. The lowest BCUT2D eigenvalue weighted by atomic mass is 10.2. The number of sulfonamides is 1. The highest BCUT2D eigenvalue weighted by atomic mass is 35.5. The summed E-state index contributed by atoms with van der Waals surface area (Å²) in [7, 11) is -2.53. The molecule has 7 nitrogen and oxygen atoms in total. The number of carbonyl (C=O) groups excluding carboxylic acids is 1. The molecule has 0 saturated heterocycles. The van der Waals surface area contributed by atoms with E-state index in [2.05, 4.69) is 15.0 Å². The van der Waals surface area contributed by atoms with Crippen LogP contribution >= 0.6 is 22.9 Å². The van der Waals surface area contributed by atoms with Gasteiger partial charge in [-0.2, -0.15) is 0 Å². The van der Waals surface area contributed by atoms with Crippen LogP contribution in [0.5, 0.6) is 5.75 Å². The maximum Gasteiger partial charge on any atom is 0.261 e. The van der Waals surface area contributed by atoms with Crippen LogP contribution in [0, 0.1) is 5.82 Å². The van der Waals surface area contributed by atoms with E-state index in [1.165, 1.54) is 19.2 Å². The second-order valence-electron chi connectivity index (χ2n) is 6.51. The number of benzene rings is 3. The zero-order chi connectivity index (χ0) is 22.9. The van der Waals surface area contributed by atoms with Crippen LogP contribution in [-0.2, 0) is 10.0 Å². The van der Waals surface area contributed by atoms with Crippen LogP contribution in [-0.4, -0.2) is 26.4 Å². The van der Waals surface area contributed by atoms with Gasteiger partial charge in [-0.3, -0.25) is 14.8 Å². The molecule has 0 radical (unpaired) electrons. The molecular formula is C21H15ClFN3O4S2. The van der Waals surface area contributed by atoms with Gasteiger partial charge in [0.15, 0.2) is 5.13 Å². The summed E-state index contributed by atoms with van der Waals surface area (Å²) < 4.78 is 46.8. The molecule has 11 heteroatoms. The normalized spacial score (nSPS) is 11.3. The Morgan fingerprint density at radius 2 is 1.81 bits per heavy atom. The lowest BCUT2D eigenvalue weighted by Crippen LogP contribution is -2.18. The zero-order valence-electron chi connectivity index (χ0n) is 16.4. The van der Waals surface area contributed by atoms with Gasteiger partial charge < -0.3 is 4.74 Å². The van der Waals surface area contributed by atoms with Gasteiger partial charge in [0.25, 0.3) is 15.9 Å². The molecule has 0 saturated carbocycles. The van der Waals surface area contributed by atoms with E-state index in [-0.39, 0.29) is 21.3 Å². The highest BCUT2D eigenvalue weighted by Crippen LogP contribution is 2.37. The second-order valence-corrected chi connectivity index (χ2v) is 9.59. The number of para-hydroxylation sites is 1. The second kappa shape index (κ2) is 8.73. The van der Waals surface area contributed by atoms with E-state index in [0.29, 0.717) is 21.0 Å². The van der Waals surface area contributed by atoms with Crippen molar-refractivity contribution < 1.29 is 22.3 Å². The summed E-state index contributed by atoms with van der Waals surface area (Å²) in [6, 6.07) is 13.8. The fourth-order valence-electron chi connectivity index (χ4n) is 2.92. The van der Waals surface area contributed by atoms with E-state index in [0.717, 1.165) is 35.6 Å².